The number of anilines is 1. The number of imide groups is 1. The van der Waals surface area contributed by atoms with Crippen molar-refractivity contribution in [1.29, 1.82) is 0 Å². The summed E-state index contributed by atoms with van der Waals surface area (Å²) in [4.78, 5) is 57.4. The topological polar surface area (TPSA) is 111 Å². The standard InChI is InChI=1S/C25H27N3O5S2/c1-27(2)12-7-5-11(6-8-12)16-17-13-10-14(20(17)34-22-21(16)35-25(33)26-22)19-18(13)23(31)28(24(19)32)9-3-4-15(29)30/h5-8,13-14,16-20H,3-4,9-10H2,1-2H3,(H,26,33)(H,29,30)/t13-,14+,16-,17-,18+,19+,20-/m1/s1. The number of thiazole rings is 1. The predicted molar refractivity (Wildman–Crippen MR) is 133 cm³/mol. The van der Waals surface area contributed by atoms with Crippen molar-refractivity contribution in [3.63, 3.8) is 0 Å². The number of carbonyl (C=O) groups excluding carboxylic acids is 2. The molecule has 2 bridgehead atoms. The number of aromatic nitrogens is 1. The quantitative estimate of drug-likeness (QED) is 0.572. The highest BCUT2D eigenvalue weighted by molar-refractivity contribution is 8.00. The van der Waals surface area contributed by atoms with Crippen LogP contribution in [-0.2, 0) is 14.4 Å². The molecule has 2 N–H and O–H groups in total. The van der Waals surface area contributed by atoms with E-state index in [4.69, 9.17) is 5.11 Å². The van der Waals surface area contributed by atoms with E-state index in [9.17, 15) is 19.2 Å². The van der Waals surface area contributed by atoms with Crippen molar-refractivity contribution in [2.45, 2.75) is 35.5 Å². The minimum Gasteiger partial charge on any atom is -0.481 e. The van der Waals surface area contributed by atoms with Gasteiger partial charge in [-0.1, -0.05) is 23.5 Å². The number of carboxylic acid groups (broad SMARTS) is 1. The molecule has 2 aliphatic carbocycles. The summed E-state index contributed by atoms with van der Waals surface area (Å²) in [5.41, 5.74) is 2.24. The van der Waals surface area contributed by atoms with Crippen LogP contribution in [0.4, 0.5) is 5.69 Å². The van der Waals surface area contributed by atoms with E-state index in [1.54, 1.807) is 11.8 Å². The molecular weight excluding hydrogens is 486 g/mol. The molecule has 10 heteroatoms. The van der Waals surface area contributed by atoms with Crippen LogP contribution in [-0.4, -0.2) is 58.7 Å². The Morgan fingerprint density at radius 1 is 1.11 bits per heavy atom. The fourth-order valence-corrected chi connectivity index (χ4v) is 9.93. The van der Waals surface area contributed by atoms with E-state index in [0.717, 1.165) is 27.6 Å². The van der Waals surface area contributed by atoms with Crippen LogP contribution < -0.4 is 9.77 Å². The van der Waals surface area contributed by atoms with Crippen LogP contribution in [0.1, 0.15) is 35.6 Å². The summed E-state index contributed by atoms with van der Waals surface area (Å²) in [6, 6.07) is 8.44. The number of benzene rings is 1. The van der Waals surface area contributed by atoms with Gasteiger partial charge in [-0.2, -0.15) is 0 Å². The van der Waals surface area contributed by atoms with Gasteiger partial charge in [-0.25, -0.2) is 0 Å². The van der Waals surface area contributed by atoms with Crippen LogP contribution in [0, 0.1) is 29.6 Å². The number of nitrogens with one attached hydrogen (secondary N) is 1. The molecule has 2 amide bonds. The number of H-pyrrole nitrogens is 1. The van der Waals surface area contributed by atoms with Gasteiger partial charge >= 0.3 is 10.8 Å². The first-order valence-corrected chi connectivity index (χ1v) is 13.7. The van der Waals surface area contributed by atoms with E-state index < -0.39 is 5.97 Å². The number of carboxylic acids is 1. The van der Waals surface area contributed by atoms with Crippen LogP contribution in [0.3, 0.4) is 0 Å². The van der Waals surface area contributed by atoms with Crippen LogP contribution in [0.5, 0.6) is 0 Å². The Morgan fingerprint density at radius 3 is 2.46 bits per heavy atom. The first-order valence-electron chi connectivity index (χ1n) is 12.0. The van der Waals surface area contributed by atoms with Gasteiger partial charge in [0.2, 0.25) is 11.8 Å². The lowest BCUT2D eigenvalue weighted by molar-refractivity contribution is -0.142. The maximum absolute atomic E-state index is 13.4. The van der Waals surface area contributed by atoms with Gasteiger partial charge in [0, 0.05) is 48.8 Å². The number of aromatic amines is 1. The Balaban J connectivity index is 1.36. The van der Waals surface area contributed by atoms with Crippen molar-refractivity contribution in [2.24, 2.45) is 29.6 Å². The second-order valence-electron chi connectivity index (χ2n) is 10.3. The Hall–Kier alpha value is -2.59. The minimum atomic E-state index is -0.921. The number of carbonyl (C=O) groups is 3. The van der Waals surface area contributed by atoms with E-state index >= 15 is 0 Å². The summed E-state index contributed by atoms with van der Waals surface area (Å²) in [6.45, 7) is 0.176. The van der Waals surface area contributed by atoms with Crippen LogP contribution in [0.2, 0.25) is 0 Å². The number of thioether (sulfide) groups is 1. The monoisotopic (exact) mass is 513 g/mol. The normalized spacial score (nSPS) is 32.5. The second kappa shape index (κ2) is 8.23. The Kier molecular flexibility index (Phi) is 5.37. The lowest BCUT2D eigenvalue weighted by atomic mass is 9.68. The van der Waals surface area contributed by atoms with E-state index in [-0.39, 0.29) is 76.8 Å². The largest absolute Gasteiger partial charge is 0.481 e. The number of rotatable bonds is 6. The summed E-state index contributed by atoms with van der Waals surface area (Å²) in [6.07, 6.45) is 1.07. The van der Waals surface area contributed by atoms with E-state index in [2.05, 4.69) is 29.2 Å². The lowest BCUT2D eigenvalue weighted by Gasteiger charge is -2.43. The van der Waals surface area contributed by atoms with Crippen molar-refractivity contribution < 1.29 is 19.5 Å². The van der Waals surface area contributed by atoms with Crippen LogP contribution >= 0.6 is 23.1 Å². The van der Waals surface area contributed by atoms with Gasteiger partial charge in [0.15, 0.2) is 0 Å². The molecule has 0 spiro atoms. The zero-order chi connectivity index (χ0) is 24.6. The molecule has 1 saturated heterocycles. The average molecular weight is 514 g/mol. The molecule has 2 aromatic rings. The number of fused-ring (bicyclic) bond motifs is 9. The Bertz CT molecular complexity index is 1270. The van der Waals surface area contributed by atoms with Crippen LogP contribution in [0.25, 0.3) is 0 Å². The molecule has 2 aliphatic heterocycles. The van der Waals surface area contributed by atoms with Crippen molar-refractivity contribution in [1.82, 2.24) is 9.88 Å². The molecule has 0 unspecified atom stereocenters. The molecule has 35 heavy (non-hydrogen) atoms. The van der Waals surface area contributed by atoms with E-state index in [1.165, 1.54) is 16.2 Å². The van der Waals surface area contributed by atoms with Gasteiger partial charge in [-0.15, -0.1) is 11.8 Å². The molecule has 8 nitrogen and oxygen atoms in total. The molecule has 6 rings (SSSR count). The molecule has 7 atom stereocenters. The van der Waals surface area contributed by atoms with Crippen molar-refractivity contribution in [3.8, 4) is 0 Å². The molecule has 3 fully saturated rings. The van der Waals surface area contributed by atoms with Crippen LogP contribution in [0.15, 0.2) is 34.1 Å². The number of hydrogen-bond acceptors (Lipinski definition) is 7. The number of amides is 2. The highest BCUT2D eigenvalue weighted by Crippen LogP contribution is 2.68. The zero-order valence-corrected chi connectivity index (χ0v) is 21.1. The molecule has 1 aromatic heterocycles. The summed E-state index contributed by atoms with van der Waals surface area (Å²) in [5, 5.41) is 10.0. The van der Waals surface area contributed by atoms with E-state index in [1.807, 2.05) is 19.0 Å². The minimum absolute atomic E-state index is 0.0105. The highest BCUT2D eigenvalue weighted by Gasteiger charge is 2.69. The predicted octanol–water partition coefficient (Wildman–Crippen LogP) is 2.84. The average Bonchev–Trinajstić information content (AvgIpc) is 3.54. The van der Waals surface area contributed by atoms with E-state index in [0.29, 0.717) is 0 Å². The number of hydrogen-bond donors (Lipinski definition) is 2. The van der Waals surface area contributed by atoms with Crippen molar-refractivity contribution >= 4 is 46.6 Å². The molecule has 1 aromatic carbocycles. The van der Waals surface area contributed by atoms with Gasteiger partial charge in [-0.05, 0) is 48.3 Å². The summed E-state index contributed by atoms with van der Waals surface area (Å²) < 4.78 is 0. The first kappa shape index (κ1) is 22.8. The third kappa shape index (κ3) is 3.40. The van der Waals surface area contributed by atoms with Crippen molar-refractivity contribution in [2.75, 3.05) is 25.5 Å². The molecule has 4 aliphatic rings. The van der Waals surface area contributed by atoms with Gasteiger partial charge in [0.1, 0.15) is 0 Å². The Labute approximate surface area is 210 Å². The number of likely N-dealkylation sites (tertiary alicyclic amines) is 1. The SMILES string of the molecule is CN(C)c1ccc([C@H]2c3sc(=O)[nH]c3S[C@@H]3[C@H]4C[C@@H]([C@@H]5C(=O)N(CCCC(=O)O)C(=O)[C@@H]45)[C@H]23)cc1. The molecule has 184 valence electrons. The van der Waals surface area contributed by atoms with Gasteiger partial charge in [0.05, 0.1) is 16.9 Å². The summed E-state index contributed by atoms with van der Waals surface area (Å²) in [7, 11) is 4.00. The second-order valence-corrected chi connectivity index (χ2v) is 12.5. The zero-order valence-electron chi connectivity index (χ0n) is 19.5. The maximum Gasteiger partial charge on any atom is 0.305 e. The fraction of sp³-hybridized carbons (Fsp3) is 0.520. The number of aliphatic carboxylic acids is 1. The summed E-state index contributed by atoms with van der Waals surface area (Å²) >= 11 is 2.94. The fourth-order valence-electron chi connectivity index (χ4n) is 7.04. The lowest BCUT2D eigenvalue weighted by Crippen LogP contribution is -2.42. The van der Waals surface area contributed by atoms with Gasteiger partial charge in [0.25, 0.3) is 0 Å². The smallest absolute Gasteiger partial charge is 0.305 e. The highest BCUT2D eigenvalue weighted by atomic mass is 32.2. The number of nitrogens with zero attached hydrogens (tertiary/aromatic N) is 2. The van der Waals surface area contributed by atoms with Gasteiger partial charge < -0.3 is 15.0 Å². The molecule has 2 saturated carbocycles. The van der Waals surface area contributed by atoms with Gasteiger partial charge in [-0.3, -0.25) is 24.1 Å². The third-order valence-corrected chi connectivity index (χ3v) is 10.9. The third-order valence-electron chi connectivity index (χ3n) is 8.36. The first-order chi connectivity index (χ1) is 16.8. The maximum atomic E-state index is 13.4. The summed E-state index contributed by atoms with van der Waals surface area (Å²) in [5.74, 6) is -1.50. The Morgan fingerprint density at radius 2 is 1.80 bits per heavy atom. The van der Waals surface area contributed by atoms with Crippen molar-refractivity contribution in [3.05, 3.63) is 44.4 Å². The molecular formula is C25H27N3O5S2. The molecule has 3 heterocycles. The molecule has 0 radical (unpaired) electrons.